The number of Topliss-reactive ketones (excluding diaryl/α,β-unsaturated/α-hetero) is 1. The van der Waals surface area contributed by atoms with Gasteiger partial charge < -0.3 is 4.74 Å². The van der Waals surface area contributed by atoms with E-state index in [2.05, 4.69) is 10.2 Å². The van der Waals surface area contributed by atoms with Crippen molar-refractivity contribution in [1.29, 1.82) is 0 Å². The number of aromatic nitrogens is 3. The summed E-state index contributed by atoms with van der Waals surface area (Å²) in [6.45, 7) is 0. The van der Waals surface area contributed by atoms with Crippen molar-refractivity contribution < 1.29 is 9.53 Å². The number of ketones is 1. The van der Waals surface area contributed by atoms with Crippen LogP contribution in [0.1, 0.15) is 5.56 Å². The highest BCUT2D eigenvalue weighted by Gasteiger charge is 2.19. The SMILES string of the molecule is COc1ccccc1-n1c(SCC(=O)Cc2ccccc2)nnc1-c1ccccc1. The van der Waals surface area contributed by atoms with Crippen LogP contribution >= 0.6 is 11.8 Å². The lowest BCUT2D eigenvalue weighted by molar-refractivity contribution is -0.116. The molecule has 0 aliphatic rings. The fraction of sp³-hybridized carbons (Fsp3) is 0.125. The molecule has 4 rings (SSSR count). The molecule has 0 radical (unpaired) electrons. The zero-order chi connectivity index (χ0) is 20.8. The van der Waals surface area contributed by atoms with Gasteiger partial charge in [0, 0.05) is 12.0 Å². The van der Waals surface area contributed by atoms with Crippen molar-refractivity contribution in [2.24, 2.45) is 0 Å². The molecule has 5 nitrogen and oxygen atoms in total. The summed E-state index contributed by atoms with van der Waals surface area (Å²) in [6.07, 6.45) is 0.405. The Morgan fingerprint density at radius 1 is 0.900 bits per heavy atom. The standard InChI is InChI=1S/C24H21N3O2S/c1-29-22-15-9-8-14-21(22)27-23(19-12-6-3-7-13-19)25-26-24(27)30-17-20(28)16-18-10-4-2-5-11-18/h2-15H,16-17H2,1H3. The van der Waals surface area contributed by atoms with Gasteiger partial charge >= 0.3 is 0 Å². The molecule has 150 valence electrons. The van der Waals surface area contributed by atoms with Crippen molar-refractivity contribution in [2.75, 3.05) is 12.9 Å². The van der Waals surface area contributed by atoms with Crippen LogP contribution in [0.2, 0.25) is 0 Å². The summed E-state index contributed by atoms with van der Waals surface area (Å²) >= 11 is 1.39. The van der Waals surface area contributed by atoms with Crippen LogP contribution in [-0.2, 0) is 11.2 Å². The number of ether oxygens (including phenoxy) is 1. The van der Waals surface area contributed by atoms with Crippen molar-refractivity contribution in [1.82, 2.24) is 14.8 Å². The third-order valence-electron chi connectivity index (χ3n) is 4.60. The minimum absolute atomic E-state index is 0.141. The Morgan fingerprint density at radius 3 is 2.30 bits per heavy atom. The second kappa shape index (κ2) is 9.41. The molecule has 6 heteroatoms. The molecule has 0 amide bonds. The molecule has 0 saturated carbocycles. The van der Waals surface area contributed by atoms with Gasteiger partial charge in [0.25, 0.3) is 0 Å². The summed E-state index contributed by atoms with van der Waals surface area (Å²) in [5, 5.41) is 9.47. The molecule has 0 unspecified atom stereocenters. The molecule has 0 bridgehead atoms. The molecule has 1 aromatic heterocycles. The number of benzene rings is 3. The lowest BCUT2D eigenvalue weighted by Crippen LogP contribution is -2.07. The zero-order valence-electron chi connectivity index (χ0n) is 16.6. The van der Waals surface area contributed by atoms with Crippen LogP contribution in [0.5, 0.6) is 5.75 Å². The van der Waals surface area contributed by atoms with E-state index in [0.29, 0.717) is 28.9 Å². The second-order valence-corrected chi connectivity index (χ2v) is 7.61. The van der Waals surface area contributed by atoms with E-state index in [1.165, 1.54) is 11.8 Å². The number of carbonyl (C=O) groups is 1. The van der Waals surface area contributed by atoms with Crippen molar-refractivity contribution in [3.63, 3.8) is 0 Å². The minimum Gasteiger partial charge on any atom is -0.495 e. The summed E-state index contributed by atoms with van der Waals surface area (Å²) in [5.74, 6) is 1.88. The number of thioether (sulfide) groups is 1. The molecule has 4 aromatic rings. The van der Waals surface area contributed by atoms with E-state index in [1.807, 2.05) is 89.5 Å². The first-order chi connectivity index (χ1) is 14.8. The normalized spacial score (nSPS) is 10.7. The number of rotatable bonds is 8. The monoisotopic (exact) mass is 415 g/mol. The van der Waals surface area contributed by atoms with Gasteiger partial charge in [-0.25, -0.2) is 0 Å². The molecule has 0 aliphatic heterocycles. The van der Waals surface area contributed by atoms with Crippen LogP contribution < -0.4 is 4.74 Å². The number of hydrogen-bond acceptors (Lipinski definition) is 5. The predicted molar refractivity (Wildman–Crippen MR) is 119 cm³/mol. The van der Waals surface area contributed by atoms with Crippen LogP contribution in [0, 0.1) is 0 Å². The van der Waals surface area contributed by atoms with Crippen LogP contribution in [0.15, 0.2) is 90.1 Å². The van der Waals surface area contributed by atoms with E-state index >= 15 is 0 Å². The summed E-state index contributed by atoms with van der Waals surface area (Å²) in [4.78, 5) is 12.5. The van der Waals surface area contributed by atoms with E-state index in [0.717, 1.165) is 16.8 Å². The van der Waals surface area contributed by atoms with Crippen molar-refractivity contribution in [3.05, 3.63) is 90.5 Å². The second-order valence-electron chi connectivity index (χ2n) is 6.67. The average molecular weight is 416 g/mol. The Labute approximate surface area is 179 Å². The topological polar surface area (TPSA) is 57.0 Å². The number of nitrogens with zero attached hydrogens (tertiary/aromatic N) is 3. The molecule has 0 spiro atoms. The first kappa shape index (κ1) is 19.9. The van der Waals surface area contributed by atoms with Gasteiger partial charge in [-0.05, 0) is 17.7 Å². The zero-order valence-corrected chi connectivity index (χ0v) is 17.4. The molecule has 0 N–H and O–H groups in total. The highest BCUT2D eigenvalue weighted by Crippen LogP contribution is 2.32. The number of hydrogen-bond donors (Lipinski definition) is 0. The van der Waals surface area contributed by atoms with Gasteiger partial charge in [0.05, 0.1) is 18.6 Å². The molecular weight excluding hydrogens is 394 g/mol. The molecule has 0 aliphatic carbocycles. The summed E-state index contributed by atoms with van der Waals surface area (Å²) in [5.41, 5.74) is 2.79. The van der Waals surface area contributed by atoms with Gasteiger partial charge in [0.1, 0.15) is 11.5 Å². The van der Waals surface area contributed by atoms with E-state index in [4.69, 9.17) is 4.74 Å². The largest absolute Gasteiger partial charge is 0.495 e. The van der Waals surface area contributed by atoms with Crippen molar-refractivity contribution in [2.45, 2.75) is 11.6 Å². The predicted octanol–water partition coefficient (Wildman–Crippen LogP) is 4.85. The molecule has 3 aromatic carbocycles. The van der Waals surface area contributed by atoms with E-state index in [-0.39, 0.29) is 5.78 Å². The summed E-state index contributed by atoms with van der Waals surface area (Å²) in [7, 11) is 1.64. The maximum Gasteiger partial charge on any atom is 0.196 e. The van der Waals surface area contributed by atoms with Crippen LogP contribution in [-0.4, -0.2) is 33.4 Å². The molecule has 0 saturated heterocycles. The van der Waals surface area contributed by atoms with Crippen LogP contribution in [0.3, 0.4) is 0 Å². The van der Waals surface area contributed by atoms with Gasteiger partial charge in [-0.15, -0.1) is 10.2 Å². The van der Waals surface area contributed by atoms with Gasteiger partial charge in [0.2, 0.25) is 0 Å². The Morgan fingerprint density at radius 2 is 1.57 bits per heavy atom. The number of methoxy groups -OCH3 is 1. The molecular formula is C24H21N3O2S. The fourth-order valence-corrected chi connectivity index (χ4v) is 3.99. The number of carbonyl (C=O) groups excluding carboxylic acids is 1. The van der Waals surface area contributed by atoms with Gasteiger partial charge in [-0.3, -0.25) is 9.36 Å². The van der Waals surface area contributed by atoms with Crippen LogP contribution in [0.4, 0.5) is 0 Å². The molecule has 0 atom stereocenters. The van der Waals surface area contributed by atoms with E-state index in [1.54, 1.807) is 7.11 Å². The smallest absolute Gasteiger partial charge is 0.196 e. The fourth-order valence-electron chi connectivity index (χ4n) is 3.19. The first-order valence-electron chi connectivity index (χ1n) is 9.59. The maximum absolute atomic E-state index is 12.5. The van der Waals surface area contributed by atoms with Crippen LogP contribution in [0.25, 0.3) is 17.1 Å². The minimum atomic E-state index is 0.141. The van der Waals surface area contributed by atoms with Crippen molar-refractivity contribution in [3.8, 4) is 22.8 Å². The van der Waals surface area contributed by atoms with Gasteiger partial charge in [0.15, 0.2) is 11.0 Å². The third kappa shape index (κ3) is 4.44. The first-order valence-corrected chi connectivity index (χ1v) is 10.6. The maximum atomic E-state index is 12.5. The Bertz CT molecular complexity index is 1130. The highest BCUT2D eigenvalue weighted by atomic mass is 32.2. The third-order valence-corrected chi connectivity index (χ3v) is 5.59. The quantitative estimate of drug-likeness (QED) is 0.385. The average Bonchev–Trinajstić information content (AvgIpc) is 3.22. The molecule has 1 heterocycles. The summed E-state index contributed by atoms with van der Waals surface area (Å²) in [6, 6.07) is 27.4. The summed E-state index contributed by atoms with van der Waals surface area (Å²) < 4.78 is 7.52. The number of para-hydroxylation sites is 2. The Hall–Kier alpha value is -3.38. The van der Waals surface area contributed by atoms with Crippen molar-refractivity contribution >= 4 is 17.5 Å². The molecule has 30 heavy (non-hydrogen) atoms. The lowest BCUT2D eigenvalue weighted by atomic mass is 10.1. The Kier molecular flexibility index (Phi) is 6.25. The van der Waals surface area contributed by atoms with Gasteiger partial charge in [-0.2, -0.15) is 0 Å². The highest BCUT2D eigenvalue weighted by molar-refractivity contribution is 7.99. The molecule has 0 fully saturated rings. The van der Waals surface area contributed by atoms with E-state index in [9.17, 15) is 4.79 Å². The lowest BCUT2D eigenvalue weighted by Gasteiger charge is -2.13. The Balaban J connectivity index is 1.65. The van der Waals surface area contributed by atoms with E-state index < -0.39 is 0 Å². The van der Waals surface area contributed by atoms with Gasteiger partial charge in [-0.1, -0.05) is 84.6 Å².